The summed E-state index contributed by atoms with van der Waals surface area (Å²) in [7, 11) is 1.68. The van der Waals surface area contributed by atoms with Crippen LogP contribution in [0.3, 0.4) is 0 Å². The highest BCUT2D eigenvalue weighted by Crippen LogP contribution is 2.62. The van der Waals surface area contributed by atoms with Crippen LogP contribution in [0.2, 0.25) is 0 Å². The van der Waals surface area contributed by atoms with Gasteiger partial charge in [0.1, 0.15) is 11.5 Å². The van der Waals surface area contributed by atoms with E-state index in [-0.39, 0.29) is 12.2 Å². The molecular formula is C29H36O4. The lowest BCUT2D eigenvalue weighted by atomic mass is 9.48. The van der Waals surface area contributed by atoms with E-state index in [9.17, 15) is 5.11 Å². The fourth-order valence-electron chi connectivity index (χ4n) is 6.91. The van der Waals surface area contributed by atoms with Gasteiger partial charge in [-0.25, -0.2) is 0 Å². The maximum atomic E-state index is 9.49. The summed E-state index contributed by atoms with van der Waals surface area (Å²) >= 11 is 0. The van der Waals surface area contributed by atoms with Crippen LogP contribution >= 0.6 is 0 Å². The number of aromatic hydroxyl groups is 1. The molecule has 0 radical (unpaired) electrons. The van der Waals surface area contributed by atoms with Crippen LogP contribution in [-0.2, 0) is 21.3 Å². The predicted octanol–water partition coefficient (Wildman–Crippen LogP) is 6.12. The monoisotopic (exact) mass is 448 g/mol. The SMILES string of the molecule is COCCOCOc1ccc(CC=Cc2ccc(O)cc2)cc1C12CC3CC(CC(C3)C1)C2. The Morgan fingerprint density at radius 1 is 0.939 bits per heavy atom. The zero-order valence-corrected chi connectivity index (χ0v) is 19.7. The van der Waals surface area contributed by atoms with Crippen LogP contribution in [0, 0.1) is 17.8 Å². The molecule has 0 amide bonds. The largest absolute Gasteiger partial charge is 0.508 e. The van der Waals surface area contributed by atoms with E-state index in [1.165, 1.54) is 49.7 Å². The Kier molecular flexibility index (Phi) is 6.75. The second kappa shape index (κ2) is 9.90. The summed E-state index contributed by atoms with van der Waals surface area (Å²) in [6.07, 6.45) is 13.5. The third-order valence-electron chi connectivity index (χ3n) is 7.94. The average molecular weight is 449 g/mol. The Balaban J connectivity index is 1.36. The minimum Gasteiger partial charge on any atom is -0.508 e. The van der Waals surface area contributed by atoms with Crippen LogP contribution in [0.15, 0.2) is 48.5 Å². The Morgan fingerprint density at radius 2 is 1.64 bits per heavy atom. The molecule has 33 heavy (non-hydrogen) atoms. The summed E-state index contributed by atoms with van der Waals surface area (Å²) < 4.78 is 16.9. The van der Waals surface area contributed by atoms with E-state index >= 15 is 0 Å². The van der Waals surface area contributed by atoms with Gasteiger partial charge in [-0.2, -0.15) is 0 Å². The van der Waals surface area contributed by atoms with Gasteiger partial charge >= 0.3 is 0 Å². The van der Waals surface area contributed by atoms with Crippen LogP contribution in [0.5, 0.6) is 11.5 Å². The number of allylic oxidation sites excluding steroid dienone is 1. The number of benzene rings is 2. The molecule has 0 heterocycles. The lowest BCUT2D eigenvalue weighted by Gasteiger charge is -2.57. The number of phenolic OH excluding ortho intramolecular Hbond substituents is 1. The average Bonchev–Trinajstić information content (AvgIpc) is 2.80. The van der Waals surface area contributed by atoms with E-state index in [2.05, 4.69) is 30.4 Å². The van der Waals surface area contributed by atoms with Gasteiger partial charge < -0.3 is 19.3 Å². The van der Waals surface area contributed by atoms with E-state index in [0.717, 1.165) is 35.5 Å². The molecule has 0 unspecified atom stereocenters. The second-order valence-corrected chi connectivity index (χ2v) is 10.4. The van der Waals surface area contributed by atoms with E-state index < -0.39 is 0 Å². The van der Waals surface area contributed by atoms with Crippen LogP contribution < -0.4 is 4.74 Å². The molecule has 0 spiro atoms. The van der Waals surface area contributed by atoms with E-state index in [4.69, 9.17) is 14.2 Å². The molecule has 1 N–H and O–H groups in total. The van der Waals surface area contributed by atoms with Crippen molar-refractivity contribution in [3.63, 3.8) is 0 Å². The summed E-state index contributed by atoms with van der Waals surface area (Å²) in [6, 6.07) is 14.1. The van der Waals surface area contributed by atoms with Crippen molar-refractivity contribution >= 4 is 6.08 Å². The Labute approximate surface area is 197 Å². The van der Waals surface area contributed by atoms with Crippen molar-refractivity contribution in [3.8, 4) is 11.5 Å². The van der Waals surface area contributed by atoms with E-state index in [0.29, 0.717) is 19.0 Å². The summed E-state index contributed by atoms with van der Waals surface area (Å²) in [5, 5.41) is 9.49. The van der Waals surface area contributed by atoms with Gasteiger partial charge in [-0.3, -0.25) is 0 Å². The number of hydrogen-bond donors (Lipinski definition) is 1. The van der Waals surface area contributed by atoms with E-state index in [1.54, 1.807) is 19.2 Å². The molecule has 4 heteroatoms. The van der Waals surface area contributed by atoms with Crippen LogP contribution in [0.4, 0.5) is 0 Å². The van der Waals surface area contributed by atoms with Crippen LogP contribution in [0.1, 0.15) is 55.2 Å². The molecule has 2 aromatic carbocycles. The summed E-state index contributed by atoms with van der Waals surface area (Å²) in [4.78, 5) is 0. The molecule has 4 bridgehead atoms. The first kappa shape index (κ1) is 22.5. The Morgan fingerprint density at radius 3 is 2.30 bits per heavy atom. The molecule has 6 rings (SSSR count). The number of methoxy groups -OCH3 is 1. The van der Waals surface area contributed by atoms with Gasteiger partial charge in [0.05, 0.1) is 13.2 Å². The molecule has 4 aliphatic rings. The fraction of sp³-hybridized carbons (Fsp3) is 0.517. The Hall–Kier alpha value is -2.30. The van der Waals surface area contributed by atoms with Crippen molar-refractivity contribution in [2.75, 3.05) is 27.1 Å². The molecule has 0 atom stereocenters. The van der Waals surface area contributed by atoms with Crippen molar-refractivity contribution in [2.45, 2.75) is 50.4 Å². The minimum absolute atomic E-state index is 0.267. The van der Waals surface area contributed by atoms with Crippen molar-refractivity contribution in [1.29, 1.82) is 0 Å². The first-order valence-electron chi connectivity index (χ1n) is 12.4. The molecule has 4 aliphatic carbocycles. The van der Waals surface area contributed by atoms with Crippen molar-refractivity contribution in [1.82, 2.24) is 0 Å². The lowest BCUT2D eigenvalue weighted by molar-refractivity contribution is -0.0189. The highest BCUT2D eigenvalue weighted by Gasteiger charge is 2.52. The molecule has 0 aromatic heterocycles. The third-order valence-corrected chi connectivity index (χ3v) is 7.94. The predicted molar refractivity (Wildman–Crippen MR) is 130 cm³/mol. The van der Waals surface area contributed by atoms with Gasteiger partial charge in [-0.15, -0.1) is 0 Å². The van der Waals surface area contributed by atoms with Crippen LogP contribution in [0.25, 0.3) is 6.08 Å². The van der Waals surface area contributed by atoms with Gasteiger partial charge in [0, 0.05) is 12.7 Å². The maximum Gasteiger partial charge on any atom is 0.189 e. The first-order chi connectivity index (χ1) is 16.1. The fourth-order valence-corrected chi connectivity index (χ4v) is 6.91. The van der Waals surface area contributed by atoms with E-state index in [1.807, 2.05) is 12.1 Å². The zero-order chi connectivity index (χ0) is 22.7. The molecule has 4 saturated carbocycles. The summed E-state index contributed by atoms with van der Waals surface area (Å²) in [5.74, 6) is 3.97. The van der Waals surface area contributed by atoms with Gasteiger partial charge in [0.2, 0.25) is 0 Å². The number of phenols is 1. The van der Waals surface area contributed by atoms with Gasteiger partial charge in [0.25, 0.3) is 0 Å². The summed E-state index contributed by atoms with van der Waals surface area (Å²) in [6.45, 7) is 1.39. The molecule has 4 nitrogen and oxygen atoms in total. The molecule has 4 fully saturated rings. The zero-order valence-electron chi connectivity index (χ0n) is 19.7. The lowest BCUT2D eigenvalue weighted by Crippen LogP contribution is -2.48. The number of rotatable bonds is 10. The number of hydrogen-bond acceptors (Lipinski definition) is 4. The third kappa shape index (κ3) is 5.12. The van der Waals surface area contributed by atoms with Gasteiger partial charge in [-0.05, 0) is 97.4 Å². The minimum atomic E-state index is 0.267. The second-order valence-electron chi connectivity index (χ2n) is 10.4. The Bertz CT molecular complexity index is 927. The molecule has 176 valence electrons. The summed E-state index contributed by atoms with van der Waals surface area (Å²) in [5.41, 5.74) is 4.10. The van der Waals surface area contributed by atoms with Gasteiger partial charge in [-0.1, -0.05) is 36.4 Å². The topological polar surface area (TPSA) is 47.9 Å². The van der Waals surface area contributed by atoms with Gasteiger partial charge in [0.15, 0.2) is 6.79 Å². The molecule has 0 aliphatic heterocycles. The smallest absolute Gasteiger partial charge is 0.189 e. The quantitative estimate of drug-likeness (QED) is 0.352. The maximum absolute atomic E-state index is 9.49. The highest BCUT2D eigenvalue weighted by atomic mass is 16.7. The number of ether oxygens (including phenoxy) is 3. The van der Waals surface area contributed by atoms with Crippen molar-refractivity contribution in [2.24, 2.45) is 17.8 Å². The van der Waals surface area contributed by atoms with Crippen LogP contribution in [-0.4, -0.2) is 32.2 Å². The van der Waals surface area contributed by atoms with Crippen molar-refractivity contribution < 1.29 is 19.3 Å². The standard InChI is InChI=1S/C29H36O4/c1-31-11-12-32-20-33-28-10-7-22(4-2-3-21-5-8-26(30)9-6-21)16-27(28)29-17-23-13-24(18-29)15-25(14-23)19-29/h2-3,5-10,16,23-25,30H,4,11-15,17-20H2,1H3. The molecular weight excluding hydrogens is 412 g/mol. The highest BCUT2D eigenvalue weighted by molar-refractivity contribution is 5.51. The van der Waals surface area contributed by atoms with Crippen molar-refractivity contribution in [3.05, 3.63) is 65.2 Å². The normalized spacial score (nSPS) is 28.0. The molecule has 0 saturated heterocycles. The molecule has 2 aromatic rings. The first-order valence-corrected chi connectivity index (χ1v) is 12.4.